The molecule has 1 aromatic heterocycles. The number of thiophene rings is 1. The van der Waals surface area contributed by atoms with Crippen LogP contribution in [-0.2, 0) is 20.7 Å². The minimum Gasteiger partial charge on any atom is -0.466 e. The van der Waals surface area contributed by atoms with Crippen molar-refractivity contribution in [2.75, 3.05) is 25.1 Å². The topological polar surface area (TPSA) is 64.6 Å². The normalized spacial score (nSPS) is 10.2. The molecule has 1 heterocycles. The molecule has 0 radical (unpaired) electrons. The van der Waals surface area contributed by atoms with Crippen LogP contribution in [0, 0.1) is 0 Å². The highest BCUT2D eigenvalue weighted by Crippen LogP contribution is 2.29. The van der Waals surface area contributed by atoms with Crippen molar-refractivity contribution < 1.29 is 19.1 Å². The molecule has 0 aliphatic rings. The number of hydrogen-bond acceptors (Lipinski definition) is 6. The molecule has 0 bridgehead atoms. The first-order chi connectivity index (χ1) is 9.62. The zero-order chi connectivity index (χ0) is 15.0. The van der Waals surface area contributed by atoms with E-state index in [1.807, 2.05) is 13.0 Å². The van der Waals surface area contributed by atoms with Crippen molar-refractivity contribution in [3.63, 3.8) is 0 Å². The molecule has 112 valence electrons. The predicted octanol–water partition coefficient (Wildman–Crippen LogP) is 2.85. The van der Waals surface area contributed by atoms with E-state index in [1.165, 1.54) is 11.3 Å². The van der Waals surface area contributed by atoms with E-state index in [0.29, 0.717) is 25.3 Å². The first kappa shape index (κ1) is 16.5. The van der Waals surface area contributed by atoms with Crippen LogP contribution in [-0.4, -0.2) is 31.7 Å². The number of carbonyl (C=O) groups excluding carboxylic acids is 2. The van der Waals surface area contributed by atoms with Crippen molar-refractivity contribution in [3.8, 4) is 0 Å². The maximum absolute atomic E-state index is 11.8. The molecule has 6 heteroatoms. The number of ether oxygens (including phenoxy) is 2. The van der Waals surface area contributed by atoms with Crippen molar-refractivity contribution >= 4 is 28.3 Å². The Labute approximate surface area is 123 Å². The molecular formula is C14H21NO4S. The van der Waals surface area contributed by atoms with Gasteiger partial charge in [0, 0.05) is 11.4 Å². The summed E-state index contributed by atoms with van der Waals surface area (Å²) >= 11 is 1.51. The number of aryl methyl sites for hydroxylation is 1. The number of carbonyl (C=O) groups is 2. The van der Waals surface area contributed by atoms with E-state index in [4.69, 9.17) is 9.47 Å². The molecule has 0 fully saturated rings. The monoisotopic (exact) mass is 299 g/mol. The van der Waals surface area contributed by atoms with Gasteiger partial charge in [-0.05, 0) is 26.3 Å². The summed E-state index contributed by atoms with van der Waals surface area (Å²) in [6, 6.07) is 1.84. The molecule has 20 heavy (non-hydrogen) atoms. The standard InChI is InChI=1S/C14H21NO4S/c1-4-10-9-11(14(17)19-6-3)13(20-10)15-8-7-12(16)18-5-2/h9,15H,4-8H2,1-3H3. The third-order valence-electron chi connectivity index (χ3n) is 2.55. The molecule has 1 aromatic rings. The first-order valence-corrected chi connectivity index (χ1v) is 7.63. The van der Waals surface area contributed by atoms with Gasteiger partial charge in [-0.1, -0.05) is 6.92 Å². The molecule has 0 aliphatic heterocycles. The molecule has 0 saturated carbocycles. The van der Waals surface area contributed by atoms with Crippen molar-refractivity contribution in [3.05, 3.63) is 16.5 Å². The van der Waals surface area contributed by atoms with Gasteiger partial charge < -0.3 is 14.8 Å². The van der Waals surface area contributed by atoms with E-state index in [-0.39, 0.29) is 18.4 Å². The molecule has 1 rings (SSSR count). The summed E-state index contributed by atoms with van der Waals surface area (Å²) in [5, 5.41) is 3.87. The number of nitrogens with one attached hydrogen (secondary N) is 1. The SMILES string of the molecule is CCOC(=O)CCNc1sc(CC)cc1C(=O)OCC. The fraction of sp³-hybridized carbons (Fsp3) is 0.571. The predicted molar refractivity (Wildman–Crippen MR) is 79.4 cm³/mol. The second kappa shape index (κ2) is 8.58. The van der Waals surface area contributed by atoms with Crippen LogP contribution in [0.25, 0.3) is 0 Å². The zero-order valence-corrected chi connectivity index (χ0v) is 13.0. The highest BCUT2D eigenvalue weighted by Gasteiger charge is 2.16. The Morgan fingerprint density at radius 1 is 1.20 bits per heavy atom. The lowest BCUT2D eigenvalue weighted by atomic mass is 10.2. The Balaban J connectivity index is 2.65. The largest absolute Gasteiger partial charge is 0.466 e. The first-order valence-electron chi connectivity index (χ1n) is 6.81. The maximum Gasteiger partial charge on any atom is 0.341 e. The van der Waals surface area contributed by atoms with Gasteiger partial charge in [0.25, 0.3) is 0 Å². The van der Waals surface area contributed by atoms with Crippen LogP contribution in [0.4, 0.5) is 5.00 Å². The molecular weight excluding hydrogens is 278 g/mol. The molecule has 0 aliphatic carbocycles. The lowest BCUT2D eigenvalue weighted by molar-refractivity contribution is -0.142. The minimum absolute atomic E-state index is 0.245. The summed E-state index contributed by atoms with van der Waals surface area (Å²) in [4.78, 5) is 24.2. The third kappa shape index (κ3) is 4.85. The highest BCUT2D eigenvalue weighted by molar-refractivity contribution is 7.16. The Bertz CT molecular complexity index is 456. The van der Waals surface area contributed by atoms with Gasteiger partial charge in [0.1, 0.15) is 5.00 Å². The third-order valence-corrected chi connectivity index (χ3v) is 3.78. The average Bonchev–Trinajstić information content (AvgIpc) is 2.83. The quantitative estimate of drug-likeness (QED) is 0.748. The van der Waals surface area contributed by atoms with Gasteiger partial charge in [0.2, 0.25) is 0 Å². The van der Waals surface area contributed by atoms with Crippen LogP contribution in [0.3, 0.4) is 0 Å². The van der Waals surface area contributed by atoms with Crippen molar-refractivity contribution in [1.29, 1.82) is 0 Å². The van der Waals surface area contributed by atoms with E-state index in [2.05, 4.69) is 5.32 Å². The lowest BCUT2D eigenvalue weighted by Crippen LogP contribution is -2.12. The van der Waals surface area contributed by atoms with Gasteiger partial charge >= 0.3 is 11.9 Å². The van der Waals surface area contributed by atoms with E-state index < -0.39 is 0 Å². The van der Waals surface area contributed by atoms with Gasteiger partial charge in [-0.2, -0.15) is 0 Å². The molecule has 0 aromatic carbocycles. The Morgan fingerprint density at radius 2 is 1.90 bits per heavy atom. The van der Waals surface area contributed by atoms with Crippen LogP contribution in [0.1, 0.15) is 42.4 Å². The summed E-state index contributed by atoms with van der Waals surface area (Å²) in [6.07, 6.45) is 1.13. The van der Waals surface area contributed by atoms with E-state index >= 15 is 0 Å². The second-order valence-corrected chi connectivity index (χ2v) is 5.15. The fourth-order valence-electron chi connectivity index (χ4n) is 1.62. The summed E-state index contributed by atoms with van der Waals surface area (Å²) in [5.41, 5.74) is 0.539. The van der Waals surface area contributed by atoms with Crippen LogP contribution in [0.2, 0.25) is 0 Å². The number of rotatable bonds is 8. The molecule has 0 saturated heterocycles. The smallest absolute Gasteiger partial charge is 0.341 e. The molecule has 0 atom stereocenters. The Hall–Kier alpha value is -1.56. The number of anilines is 1. The van der Waals surface area contributed by atoms with E-state index in [0.717, 1.165) is 16.3 Å². The summed E-state index contributed by atoms with van der Waals surface area (Å²) in [7, 11) is 0. The van der Waals surface area contributed by atoms with E-state index in [9.17, 15) is 9.59 Å². The summed E-state index contributed by atoms with van der Waals surface area (Å²) in [5.74, 6) is -0.577. The maximum atomic E-state index is 11.8. The van der Waals surface area contributed by atoms with Gasteiger partial charge in [-0.25, -0.2) is 4.79 Å². The van der Waals surface area contributed by atoms with Gasteiger partial charge in [-0.3, -0.25) is 4.79 Å². The summed E-state index contributed by atoms with van der Waals surface area (Å²) < 4.78 is 9.88. The minimum atomic E-state index is -0.331. The highest BCUT2D eigenvalue weighted by atomic mass is 32.1. The van der Waals surface area contributed by atoms with Gasteiger partial charge in [0.15, 0.2) is 0 Å². The average molecular weight is 299 g/mol. The lowest BCUT2D eigenvalue weighted by Gasteiger charge is -2.06. The molecule has 1 N–H and O–H groups in total. The number of esters is 2. The molecule has 0 amide bonds. The number of hydrogen-bond donors (Lipinski definition) is 1. The van der Waals surface area contributed by atoms with Crippen LogP contribution in [0.5, 0.6) is 0 Å². The molecule has 0 spiro atoms. The van der Waals surface area contributed by atoms with Crippen molar-refractivity contribution in [2.45, 2.75) is 33.6 Å². The fourth-order valence-corrected chi connectivity index (χ4v) is 2.63. The zero-order valence-electron chi connectivity index (χ0n) is 12.2. The van der Waals surface area contributed by atoms with Crippen LogP contribution >= 0.6 is 11.3 Å². The Kier molecular flexibility index (Phi) is 7.08. The van der Waals surface area contributed by atoms with Crippen LogP contribution in [0.15, 0.2) is 6.07 Å². The molecule has 0 unspecified atom stereocenters. The molecule has 5 nitrogen and oxygen atoms in total. The Morgan fingerprint density at radius 3 is 2.50 bits per heavy atom. The van der Waals surface area contributed by atoms with Crippen LogP contribution < -0.4 is 5.32 Å². The van der Waals surface area contributed by atoms with E-state index in [1.54, 1.807) is 13.8 Å². The van der Waals surface area contributed by atoms with Gasteiger partial charge in [-0.15, -0.1) is 11.3 Å². The summed E-state index contributed by atoms with van der Waals surface area (Å²) in [6.45, 7) is 6.75. The van der Waals surface area contributed by atoms with Crippen molar-refractivity contribution in [1.82, 2.24) is 0 Å². The van der Waals surface area contributed by atoms with Crippen molar-refractivity contribution in [2.24, 2.45) is 0 Å². The second-order valence-electron chi connectivity index (χ2n) is 4.01. The van der Waals surface area contributed by atoms with Gasteiger partial charge in [0.05, 0.1) is 25.2 Å².